The maximum Gasteiger partial charge on any atom is 0.258 e. The van der Waals surface area contributed by atoms with Crippen molar-refractivity contribution in [2.45, 2.75) is 6.54 Å². The number of halogens is 3. The number of benzene rings is 2. The predicted molar refractivity (Wildman–Crippen MR) is 75.2 cm³/mol. The third-order valence-electron chi connectivity index (χ3n) is 2.64. The number of carbonyl (C=O) groups excluding carboxylic acids is 1. The van der Waals surface area contributed by atoms with E-state index < -0.39 is 11.6 Å². The topological polar surface area (TPSA) is 38.3 Å². The quantitative estimate of drug-likeness (QED) is 0.920. The van der Waals surface area contributed by atoms with Gasteiger partial charge in [0.05, 0.1) is 0 Å². The van der Waals surface area contributed by atoms with E-state index in [1.54, 1.807) is 18.2 Å². The number of rotatable bonds is 5. The number of hydrogen-bond donors (Lipinski definition) is 1. The van der Waals surface area contributed by atoms with Crippen LogP contribution in [-0.2, 0) is 11.3 Å². The maximum absolute atomic E-state index is 12.9. The highest BCUT2D eigenvalue weighted by Crippen LogP contribution is 2.15. The Bertz CT molecular complexity index is 649. The molecule has 0 radical (unpaired) electrons. The SMILES string of the molecule is O=C(COc1ccc(F)c(F)c1)NCc1cccc(Cl)c1. The van der Waals surface area contributed by atoms with Gasteiger partial charge in [0.25, 0.3) is 5.91 Å². The molecular formula is C15H12ClF2NO2. The summed E-state index contributed by atoms with van der Waals surface area (Å²) in [5, 5.41) is 3.22. The predicted octanol–water partition coefficient (Wildman–Crippen LogP) is 3.31. The fourth-order valence-electron chi connectivity index (χ4n) is 1.61. The van der Waals surface area contributed by atoms with Gasteiger partial charge in [0.1, 0.15) is 5.75 Å². The molecule has 0 aromatic heterocycles. The van der Waals surface area contributed by atoms with Gasteiger partial charge < -0.3 is 10.1 Å². The van der Waals surface area contributed by atoms with Crippen LogP contribution < -0.4 is 10.1 Å². The van der Waals surface area contributed by atoms with E-state index in [1.165, 1.54) is 6.07 Å². The number of hydrogen-bond acceptors (Lipinski definition) is 2. The third kappa shape index (κ3) is 4.72. The Hall–Kier alpha value is -2.14. The van der Waals surface area contributed by atoms with Gasteiger partial charge in [-0.25, -0.2) is 8.78 Å². The molecule has 2 rings (SSSR count). The van der Waals surface area contributed by atoms with Crippen LogP contribution in [0.5, 0.6) is 5.75 Å². The highest BCUT2D eigenvalue weighted by atomic mass is 35.5. The van der Waals surface area contributed by atoms with Crippen molar-refractivity contribution in [3.05, 3.63) is 64.7 Å². The summed E-state index contributed by atoms with van der Waals surface area (Å²) in [4.78, 5) is 11.6. The molecule has 1 N–H and O–H groups in total. The molecule has 1 amide bonds. The van der Waals surface area contributed by atoms with Crippen molar-refractivity contribution >= 4 is 17.5 Å². The zero-order valence-corrected chi connectivity index (χ0v) is 11.7. The highest BCUT2D eigenvalue weighted by Gasteiger charge is 2.06. The molecule has 0 saturated heterocycles. The van der Waals surface area contributed by atoms with Crippen LogP contribution in [0.4, 0.5) is 8.78 Å². The lowest BCUT2D eigenvalue weighted by molar-refractivity contribution is -0.123. The second-order valence-corrected chi connectivity index (χ2v) is 4.71. The van der Waals surface area contributed by atoms with Crippen molar-refractivity contribution < 1.29 is 18.3 Å². The van der Waals surface area contributed by atoms with Crippen LogP contribution in [-0.4, -0.2) is 12.5 Å². The molecule has 6 heteroatoms. The molecule has 0 spiro atoms. The number of amides is 1. The summed E-state index contributed by atoms with van der Waals surface area (Å²) < 4.78 is 30.7. The first kappa shape index (κ1) is 15.3. The first-order valence-corrected chi connectivity index (χ1v) is 6.51. The minimum absolute atomic E-state index is 0.0896. The van der Waals surface area contributed by atoms with Gasteiger partial charge in [-0.05, 0) is 29.8 Å². The first-order chi connectivity index (χ1) is 10.0. The van der Waals surface area contributed by atoms with Crippen LogP contribution in [0.2, 0.25) is 5.02 Å². The Morgan fingerprint density at radius 3 is 2.67 bits per heavy atom. The average Bonchev–Trinajstić information content (AvgIpc) is 2.46. The molecule has 0 aliphatic rings. The van der Waals surface area contributed by atoms with E-state index in [1.807, 2.05) is 6.07 Å². The van der Waals surface area contributed by atoms with Crippen LogP contribution in [0, 0.1) is 11.6 Å². The van der Waals surface area contributed by atoms with E-state index in [0.29, 0.717) is 11.6 Å². The molecule has 0 aliphatic heterocycles. The molecule has 0 aliphatic carbocycles. The molecule has 0 bridgehead atoms. The van der Waals surface area contributed by atoms with Crippen LogP contribution in [0.1, 0.15) is 5.56 Å². The Morgan fingerprint density at radius 1 is 1.14 bits per heavy atom. The van der Waals surface area contributed by atoms with Gasteiger partial charge in [0.15, 0.2) is 18.2 Å². The van der Waals surface area contributed by atoms with Crippen molar-refractivity contribution in [2.24, 2.45) is 0 Å². The normalized spacial score (nSPS) is 10.2. The molecular weight excluding hydrogens is 300 g/mol. The van der Waals surface area contributed by atoms with Crippen molar-refractivity contribution in [3.8, 4) is 5.75 Å². The van der Waals surface area contributed by atoms with Gasteiger partial charge in [-0.2, -0.15) is 0 Å². The molecule has 21 heavy (non-hydrogen) atoms. The molecule has 0 fully saturated rings. The molecule has 0 heterocycles. The van der Waals surface area contributed by atoms with Gasteiger partial charge in [-0.15, -0.1) is 0 Å². The minimum atomic E-state index is -1.02. The van der Waals surface area contributed by atoms with Crippen molar-refractivity contribution in [2.75, 3.05) is 6.61 Å². The van der Waals surface area contributed by atoms with Crippen LogP contribution >= 0.6 is 11.6 Å². The Balaban J connectivity index is 1.80. The van der Waals surface area contributed by atoms with Gasteiger partial charge >= 0.3 is 0 Å². The third-order valence-corrected chi connectivity index (χ3v) is 2.87. The summed E-state index contributed by atoms with van der Waals surface area (Å²) in [6.07, 6.45) is 0. The smallest absolute Gasteiger partial charge is 0.258 e. The summed E-state index contributed by atoms with van der Waals surface area (Å²) in [7, 11) is 0. The summed E-state index contributed by atoms with van der Waals surface area (Å²) in [6, 6.07) is 10.2. The minimum Gasteiger partial charge on any atom is -0.484 e. The number of carbonyl (C=O) groups is 1. The fraction of sp³-hybridized carbons (Fsp3) is 0.133. The Kier molecular flexibility index (Phi) is 5.11. The molecule has 0 atom stereocenters. The summed E-state index contributed by atoms with van der Waals surface area (Å²) in [6.45, 7) is 0.0200. The second kappa shape index (κ2) is 7.04. The molecule has 2 aromatic rings. The standard InChI is InChI=1S/C15H12ClF2NO2/c16-11-3-1-2-10(6-11)8-19-15(20)9-21-12-4-5-13(17)14(18)7-12/h1-7H,8-9H2,(H,19,20). The van der Waals surface area contributed by atoms with Crippen molar-refractivity contribution in [3.63, 3.8) is 0 Å². The zero-order chi connectivity index (χ0) is 15.2. The van der Waals surface area contributed by atoms with Gasteiger partial charge in [0.2, 0.25) is 0 Å². The Morgan fingerprint density at radius 2 is 1.95 bits per heavy atom. The second-order valence-electron chi connectivity index (χ2n) is 4.27. The zero-order valence-electron chi connectivity index (χ0n) is 10.9. The van der Waals surface area contributed by atoms with Gasteiger partial charge in [0, 0.05) is 17.6 Å². The van der Waals surface area contributed by atoms with Crippen molar-refractivity contribution in [1.82, 2.24) is 5.32 Å². The lowest BCUT2D eigenvalue weighted by Gasteiger charge is -2.08. The molecule has 0 saturated carbocycles. The number of ether oxygens (including phenoxy) is 1. The molecule has 0 unspecified atom stereocenters. The average molecular weight is 312 g/mol. The lowest BCUT2D eigenvalue weighted by atomic mass is 10.2. The van der Waals surface area contributed by atoms with E-state index in [9.17, 15) is 13.6 Å². The van der Waals surface area contributed by atoms with E-state index in [0.717, 1.165) is 17.7 Å². The van der Waals surface area contributed by atoms with E-state index >= 15 is 0 Å². The summed E-state index contributed by atoms with van der Waals surface area (Å²) >= 11 is 5.83. The van der Waals surface area contributed by atoms with E-state index in [-0.39, 0.29) is 18.3 Å². The van der Waals surface area contributed by atoms with Crippen LogP contribution in [0.3, 0.4) is 0 Å². The lowest BCUT2D eigenvalue weighted by Crippen LogP contribution is -2.28. The summed E-state index contributed by atoms with van der Waals surface area (Å²) in [5.74, 6) is -2.27. The van der Waals surface area contributed by atoms with Crippen molar-refractivity contribution in [1.29, 1.82) is 0 Å². The largest absolute Gasteiger partial charge is 0.484 e. The summed E-state index contributed by atoms with van der Waals surface area (Å²) in [5.41, 5.74) is 0.851. The van der Waals surface area contributed by atoms with Gasteiger partial charge in [-0.3, -0.25) is 4.79 Å². The molecule has 3 nitrogen and oxygen atoms in total. The molecule has 110 valence electrons. The Labute approximate surface area is 125 Å². The number of nitrogens with one attached hydrogen (secondary N) is 1. The fourth-order valence-corrected chi connectivity index (χ4v) is 1.83. The van der Waals surface area contributed by atoms with Gasteiger partial charge in [-0.1, -0.05) is 23.7 Å². The molecule has 2 aromatic carbocycles. The van der Waals surface area contributed by atoms with E-state index in [4.69, 9.17) is 16.3 Å². The first-order valence-electron chi connectivity index (χ1n) is 6.13. The monoisotopic (exact) mass is 311 g/mol. The van der Waals surface area contributed by atoms with Crippen LogP contribution in [0.15, 0.2) is 42.5 Å². The van der Waals surface area contributed by atoms with E-state index in [2.05, 4.69) is 5.32 Å². The highest BCUT2D eigenvalue weighted by molar-refractivity contribution is 6.30. The van der Waals surface area contributed by atoms with Crippen LogP contribution in [0.25, 0.3) is 0 Å². The maximum atomic E-state index is 12.9.